The van der Waals surface area contributed by atoms with Crippen LogP contribution in [0, 0.1) is 0 Å². The van der Waals surface area contributed by atoms with Crippen molar-refractivity contribution < 1.29 is 28.6 Å². The molecule has 0 bridgehead atoms. The molecule has 0 radical (unpaired) electrons. The molecule has 2 aromatic rings. The molecule has 31 heavy (non-hydrogen) atoms. The van der Waals surface area contributed by atoms with E-state index in [4.69, 9.17) is 14.2 Å². The number of fused-ring (bicyclic) bond motifs is 1. The van der Waals surface area contributed by atoms with E-state index in [0.29, 0.717) is 11.3 Å². The van der Waals surface area contributed by atoms with Crippen molar-refractivity contribution in [3.63, 3.8) is 0 Å². The van der Waals surface area contributed by atoms with Gasteiger partial charge in [0.15, 0.2) is 17.0 Å². The van der Waals surface area contributed by atoms with Gasteiger partial charge < -0.3 is 14.2 Å². The van der Waals surface area contributed by atoms with Gasteiger partial charge in [-0.15, -0.1) is 0 Å². The zero-order valence-corrected chi connectivity index (χ0v) is 18.8. The highest BCUT2D eigenvalue weighted by Crippen LogP contribution is 2.33. The third-order valence-electron chi connectivity index (χ3n) is 4.47. The maximum absolute atomic E-state index is 12.9. The summed E-state index contributed by atoms with van der Waals surface area (Å²) < 4.78 is 17.5. The predicted octanol–water partition coefficient (Wildman–Crippen LogP) is 3.17. The number of cyclic esters (lactones) is 1. The zero-order chi connectivity index (χ0) is 23.2. The Hall–Kier alpha value is -3.24. The van der Waals surface area contributed by atoms with Crippen molar-refractivity contribution in [2.24, 2.45) is 0 Å². The van der Waals surface area contributed by atoms with Crippen LogP contribution in [0.15, 0.2) is 12.7 Å². The van der Waals surface area contributed by atoms with Gasteiger partial charge in [-0.05, 0) is 48.5 Å². The molecule has 1 unspecified atom stereocenters. The van der Waals surface area contributed by atoms with Gasteiger partial charge in [-0.2, -0.15) is 4.90 Å². The number of nitrogens with zero attached hydrogens (tertiary/aromatic N) is 5. The van der Waals surface area contributed by atoms with Crippen molar-refractivity contribution in [1.82, 2.24) is 19.5 Å². The number of rotatable bonds is 2. The van der Waals surface area contributed by atoms with Crippen LogP contribution in [0.3, 0.4) is 0 Å². The van der Waals surface area contributed by atoms with E-state index in [1.807, 2.05) is 0 Å². The van der Waals surface area contributed by atoms with Crippen molar-refractivity contribution in [2.75, 3.05) is 11.5 Å². The number of carbonyl (C=O) groups is 3. The lowest BCUT2D eigenvalue weighted by molar-refractivity contribution is -0.144. The fourth-order valence-electron chi connectivity index (χ4n) is 3.03. The Morgan fingerprint density at radius 3 is 2.13 bits per heavy atom. The molecule has 3 heterocycles. The average Bonchev–Trinajstić information content (AvgIpc) is 3.17. The van der Waals surface area contributed by atoms with E-state index in [2.05, 4.69) is 15.0 Å². The number of aromatic nitrogens is 4. The minimum absolute atomic E-state index is 0.109. The molecule has 168 valence electrons. The molecule has 1 atom stereocenters. The number of hydrogen-bond donors (Lipinski definition) is 0. The molecule has 0 N–H and O–H groups in total. The van der Waals surface area contributed by atoms with Crippen LogP contribution in [-0.2, 0) is 24.5 Å². The Balaban J connectivity index is 2.13. The van der Waals surface area contributed by atoms with Gasteiger partial charge in [-0.25, -0.2) is 29.3 Å². The molecular formula is C20H27N5O6. The second-order valence-electron chi connectivity index (χ2n) is 9.44. The molecule has 1 fully saturated rings. The molecule has 0 aromatic carbocycles. The topological polar surface area (TPSA) is 126 Å². The Labute approximate surface area is 179 Å². The van der Waals surface area contributed by atoms with Crippen molar-refractivity contribution >= 4 is 35.1 Å². The van der Waals surface area contributed by atoms with Crippen molar-refractivity contribution in [1.29, 1.82) is 0 Å². The van der Waals surface area contributed by atoms with Gasteiger partial charge in [-0.3, -0.25) is 4.57 Å². The highest BCUT2D eigenvalue weighted by atomic mass is 16.6. The monoisotopic (exact) mass is 433 g/mol. The van der Waals surface area contributed by atoms with Gasteiger partial charge in [0.25, 0.3) is 0 Å². The molecule has 0 spiro atoms. The second-order valence-corrected chi connectivity index (χ2v) is 9.44. The van der Waals surface area contributed by atoms with E-state index in [9.17, 15) is 14.4 Å². The Morgan fingerprint density at radius 1 is 1.06 bits per heavy atom. The Morgan fingerprint density at radius 2 is 1.65 bits per heavy atom. The summed E-state index contributed by atoms with van der Waals surface area (Å²) in [6.45, 7) is 12.0. The normalized spacial score (nSPS) is 19.3. The summed E-state index contributed by atoms with van der Waals surface area (Å²) in [7, 11) is 0. The lowest BCUT2D eigenvalue weighted by atomic mass is 10.0. The molecule has 1 saturated heterocycles. The number of imidazole rings is 1. The van der Waals surface area contributed by atoms with E-state index in [-0.39, 0.29) is 23.6 Å². The van der Waals surface area contributed by atoms with E-state index in [0.717, 1.165) is 0 Å². The van der Waals surface area contributed by atoms with Crippen LogP contribution < -0.4 is 4.90 Å². The SMILES string of the molecule is CC(C)(C)OC(=O)N(C(=O)OC(C)(C)C)c1ncnc2c1ncn2C1(C)CCOC1=O. The summed E-state index contributed by atoms with van der Waals surface area (Å²) in [5, 5.41) is 0. The predicted molar refractivity (Wildman–Crippen MR) is 109 cm³/mol. The van der Waals surface area contributed by atoms with Crippen molar-refractivity contribution in [2.45, 2.75) is 71.6 Å². The standard InChI is InChI=1S/C20H27N5O6/c1-18(2,3)30-16(27)25(17(28)31-19(4,5)6)14-12-13(21-10-22-14)24(11-23-12)20(7)8-9-29-15(20)26/h10-11H,8-9H2,1-7H3. The lowest BCUT2D eigenvalue weighted by Crippen LogP contribution is -2.44. The zero-order valence-electron chi connectivity index (χ0n) is 18.8. The third kappa shape index (κ3) is 4.44. The lowest BCUT2D eigenvalue weighted by Gasteiger charge is -2.28. The molecule has 2 amide bonds. The van der Waals surface area contributed by atoms with Crippen LogP contribution in [0.5, 0.6) is 0 Å². The minimum atomic E-state index is -1.01. The Kier molecular flexibility index (Phi) is 5.41. The second kappa shape index (κ2) is 7.47. The first-order chi connectivity index (χ1) is 14.2. The van der Waals surface area contributed by atoms with Crippen LogP contribution in [0.25, 0.3) is 11.2 Å². The van der Waals surface area contributed by atoms with Gasteiger partial charge in [-0.1, -0.05) is 0 Å². The van der Waals surface area contributed by atoms with E-state index < -0.39 is 34.9 Å². The van der Waals surface area contributed by atoms with E-state index in [1.165, 1.54) is 12.7 Å². The van der Waals surface area contributed by atoms with Gasteiger partial charge in [0.05, 0.1) is 12.9 Å². The fraction of sp³-hybridized carbons (Fsp3) is 0.600. The summed E-state index contributed by atoms with van der Waals surface area (Å²) in [5.41, 5.74) is -2.35. The van der Waals surface area contributed by atoms with Crippen LogP contribution >= 0.6 is 0 Å². The molecule has 1 aliphatic rings. The van der Waals surface area contributed by atoms with Crippen molar-refractivity contribution in [3.05, 3.63) is 12.7 Å². The van der Waals surface area contributed by atoms with E-state index >= 15 is 0 Å². The molecule has 2 aromatic heterocycles. The van der Waals surface area contributed by atoms with E-state index in [1.54, 1.807) is 53.0 Å². The van der Waals surface area contributed by atoms with Gasteiger partial charge in [0.1, 0.15) is 23.1 Å². The number of carbonyl (C=O) groups excluding carboxylic acids is 3. The first-order valence-corrected chi connectivity index (χ1v) is 9.85. The van der Waals surface area contributed by atoms with Crippen LogP contribution in [0.1, 0.15) is 54.9 Å². The van der Waals surface area contributed by atoms with Gasteiger partial charge in [0.2, 0.25) is 0 Å². The summed E-state index contributed by atoms with van der Waals surface area (Å²) in [5.74, 6) is -0.523. The number of amides is 2. The summed E-state index contributed by atoms with van der Waals surface area (Å²) in [6.07, 6.45) is 1.09. The van der Waals surface area contributed by atoms with Crippen molar-refractivity contribution in [3.8, 4) is 0 Å². The highest BCUT2D eigenvalue weighted by molar-refractivity contribution is 6.12. The Bertz CT molecular complexity index is 1010. The summed E-state index contributed by atoms with van der Waals surface area (Å²) >= 11 is 0. The number of esters is 1. The molecular weight excluding hydrogens is 406 g/mol. The maximum atomic E-state index is 12.9. The van der Waals surface area contributed by atoms with Crippen LogP contribution in [0.4, 0.5) is 15.4 Å². The average molecular weight is 433 g/mol. The summed E-state index contributed by atoms with van der Waals surface area (Å²) in [6, 6.07) is 0. The minimum Gasteiger partial charge on any atom is -0.464 e. The van der Waals surface area contributed by atoms with Crippen LogP contribution in [0.2, 0.25) is 0 Å². The third-order valence-corrected chi connectivity index (χ3v) is 4.47. The first kappa shape index (κ1) is 22.4. The summed E-state index contributed by atoms with van der Waals surface area (Å²) in [4.78, 5) is 51.5. The fourth-order valence-corrected chi connectivity index (χ4v) is 3.03. The number of imide groups is 1. The smallest absolute Gasteiger partial charge is 0.425 e. The molecule has 11 heteroatoms. The van der Waals surface area contributed by atoms with Gasteiger partial charge in [0, 0.05) is 6.42 Å². The highest BCUT2D eigenvalue weighted by Gasteiger charge is 2.44. The molecule has 0 saturated carbocycles. The number of hydrogen-bond acceptors (Lipinski definition) is 9. The maximum Gasteiger partial charge on any atom is 0.425 e. The largest absolute Gasteiger partial charge is 0.464 e. The number of anilines is 1. The first-order valence-electron chi connectivity index (χ1n) is 9.85. The molecule has 0 aliphatic carbocycles. The molecule has 11 nitrogen and oxygen atoms in total. The number of ether oxygens (including phenoxy) is 3. The quantitative estimate of drug-likeness (QED) is 0.518. The molecule has 3 rings (SSSR count). The van der Waals surface area contributed by atoms with Crippen LogP contribution in [-0.4, -0.2) is 55.5 Å². The van der Waals surface area contributed by atoms with Gasteiger partial charge >= 0.3 is 18.2 Å². The molecule has 1 aliphatic heterocycles.